The molecule has 0 aliphatic heterocycles. The average Bonchev–Trinajstić information content (AvgIpc) is 2.04. The number of nitro benzene ring substituents is 1. The van der Waals surface area contributed by atoms with Crippen LogP contribution >= 0.6 is 12.6 Å². The summed E-state index contributed by atoms with van der Waals surface area (Å²) in [5.74, 6) is 0. The van der Waals surface area contributed by atoms with Crippen molar-refractivity contribution < 1.29 is 28.6 Å². The maximum atomic E-state index is 11.0. The van der Waals surface area contributed by atoms with Gasteiger partial charge in [-0.25, -0.2) is 0 Å². The normalized spacial score (nSPS) is 11.6. The molecule has 0 spiro atoms. The zero-order valence-electron chi connectivity index (χ0n) is 7.47. The van der Waals surface area contributed by atoms with Gasteiger partial charge in [0.05, 0.1) is 20.6 Å². The van der Waals surface area contributed by atoms with Gasteiger partial charge < -0.3 is 0 Å². The minimum atomic E-state index is -1.20. The zero-order chi connectivity index (χ0) is 10.0. The van der Waals surface area contributed by atoms with Gasteiger partial charge >= 0.3 is 0 Å². The Morgan fingerprint density at radius 3 is 2.50 bits per heavy atom. The Balaban J connectivity index is 0.00000169. The van der Waals surface area contributed by atoms with E-state index >= 15 is 0 Å². The van der Waals surface area contributed by atoms with Gasteiger partial charge in [-0.05, 0) is 12.1 Å². The van der Waals surface area contributed by atoms with E-state index in [9.17, 15) is 14.3 Å². The summed E-state index contributed by atoms with van der Waals surface area (Å²) in [5.41, 5.74) is -0.115. The van der Waals surface area contributed by atoms with Crippen molar-refractivity contribution in [3.05, 3.63) is 28.3 Å². The fourth-order valence-electron chi connectivity index (χ4n) is 0.828. The first-order chi connectivity index (χ1) is 6.02. The fraction of sp³-hybridized carbons (Fsp3) is 0.143. The smallest absolute Gasteiger partial charge is 0.258 e. The van der Waals surface area contributed by atoms with Crippen LogP contribution in [0.2, 0.25) is 0 Å². The van der Waals surface area contributed by atoms with Crippen LogP contribution in [-0.4, -0.2) is 15.4 Å². The van der Waals surface area contributed by atoms with Gasteiger partial charge in [-0.15, -0.1) is 12.6 Å². The summed E-state index contributed by atoms with van der Waals surface area (Å²) in [6.07, 6.45) is 1.47. The quantitative estimate of drug-likeness (QED) is 0.388. The Morgan fingerprint density at radius 2 is 2.07 bits per heavy atom. The SMILES string of the molecule is CS(=O)c1ccc(S)c([N+](=O)[O-])c1.[Zn]. The van der Waals surface area contributed by atoms with E-state index < -0.39 is 15.7 Å². The van der Waals surface area contributed by atoms with Crippen LogP contribution in [0.3, 0.4) is 0 Å². The van der Waals surface area contributed by atoms with Crippen LogP contribution in [0, 0.1) is 10.1 Å². The molecule has 14 heavy (non-hydrogen) atoms. The summed E-state index contributed by atoms with van der Waals surface area (Å²) in [6, 6.07) is 4.31. The second-order valence-corrected chi connectivity index (χ2v) is 4.22. The molecule has 0 fully saturated rings. The topological polar surface area (TPSA) is 60.2 Å². The van der Waals surface area contributed by atoms with Gasteiger partial charge in [0.2, 0.25) is 0 Å². The van der Waals surface area contributed by atoms with Gasteiger partial charge in [-0.1, -0.05) is 0 Å². The second-order valence-electron chi connectivity index (χ2n) is 2.36. The van der Waals surface area contributed by atoms with Crippen LogP contribution in [0.1, 0.15) is 0 Å². The zero-order valence-corrected chi connectivity index (χ0v) is 12.1. The Kier molecular flexibility index (Phi) is 5.48. The number of benzene rings is 1. The standard InChI is InChI=1S/C7H7NO3S2.Zn/c1-13(11)5-2-3-7(12)6(4-5)8(9)10;/h2-4,12H,1H3;. The van der Waals surface area contributed by atoms with E-state index in [1.54, 1.807) is 6.07 Å². The van der Waals surface area contributed by atoms with Crippen LogP contribution in [-0.2, 0) is 30.3 Å². The summed E-state index contributed by atoms with van der Waals surface area (Å²) in [5, 5.41) is 10.5. The maximum Gasteiger partial charge on any atom is 0.283 e. The summed E-state index contributed by atoms with van der Waals surface area (Å²) in [7, 11) is -1.20. The maximum absolute atomic E-state index is 11.0. The Hall–Kier alpha value is -0.257. The van der Waals surface area contributed by atoms with E-state index in [0.717, 1.165) is 0 Å². The Labute approximate surface area is 102 Å². The largest absolute Gasteiger partial charge is 0.283 e. The predicted octanol–water partition coefficient (Wildman–Crippen LogP) is 1.62. The van der Waals surface area contributed by atoms with Crippen molar-refractivity contribution in [1.82, 2.24) is 0 Å². The molecular weight excluding hydrogens is 276 g/mol. The van der Waals surface area contributed by atoms with E-state index in [4.69, 9.17) is 0 Å². The van der Waals surface area contributed by atoms with Crippen molar-refractivity contribution in [2.45, 2.75) is 9.79 Å². The Morgan fingerprint density at radius 1 is 1.50 bits per heavy atom. The number of nitro groups is 1. The third-order valence-corrected chi connectivity index (χ3v) is 2.77. The van der Waals surface area contributed by atoms with Crippen molar-refractivity contribution in [2.24, 2.45) is 0 Å². The van der Waals surface area contributed by atoms with Crippen LogP contribution in [0.25, 0.3) is 0 Å². The van der Waals surface area contributed by atoms with Gasteiger partial charge in [-0.2, -0.15) is 0 Å². The minimum Gasteiger partial charge on any atom is -0.258 e. The van der Waals surface area contributed by atoms with Gasteiger partial charge in [-0.3, -0.25) is 14.3 Å². The minimum absolute atomic E-state index is 0. The first kappa shape index (κ1) is 13.7. The van der Waals surface area contributed by atoms with E-state index in [-0.39, 0.29) is 30.1 Å². The molecule has 7 heteroatoms. The molecule has 1 aromatic carbocycles. The molecule has 1 aromatic rings. The van der Waals surface area contributed by atoms with Gasteiger partial charge in [0.1, 0.15) is 0 Å². The van der Waals surface area contributed by atoms with E-state index in [1.807, 2.05) is 0 Å². The van der Waals surface area contributed by atoms with Crippen molar-refractivity contribution >= 4 is 29.1 Å². The second kappa shape index (κ2) is 5.58. The number of nitrogens with zero attached hydrogens (tertiary/aromatic N) is 1. The third kappa shape index (κ3) is 3.15. The Bertz CT molecular complexity index is 383. The molecule has 0 bridgehead atoms. The summed E-state index contributed by atoms with van der Waals surface area (Å²) in [4.78, 5) is 10.6. The molecule has 72 valence electrons. The molecule has 1 rings (SSSR count). The van der Waals surface area contributed by atoms with Crippen molar-refractivity contribution in [1.29, 1.82) is 0 Å². The van der Waals surface area contributed by atoms with Crippen molar-refractivity contribution in [3.63, 3.8) is 0 Å². The predicted molar refractivity (Wildman–Crippen MR) is 52.7 cm³/mol. The van der Waals surface area contributed by atoms with Crippen LogP contribution in [0.15, 0.2) is 28.0 Å². The number of hydrogen-bond donors (Lipinski definition) is 1. The molecular formula is C7H7NO3S2Zn. The molecule has 1 unspecified atom stereocenters. The van der Waals surface area contributed by atoms with Gasteiger partial charge in [0, 0.05) is 36.7 Å². The molecule has 0 radical (unpaired) electrons. The molecule has 0 aliphatic rings. The van der Waals surface area contributed by atoms with Crippen LogP contribution < -0.4 is 0 Å². The van der Waals surface area contributed by atoms with Crippen molar-refractivity contribution in [3.8, 4) is 0 Å². The molecule has 0 saturated heterocycles. The molecule has 0 amide bonds. The van der Waals surface area contributed by atoms with Gasteiger partial charge in [0.15, 0.2) is 0 Å². The number of hydrogen-bond acceptors (Lipinski definition) is 4. The fourth-order valence-corrected chi connectivity index (χ4v) is 1.59. The first-order valence-electron chi connectivity index (χ1n) is 3.33. The molecule has 1 atom stereocenters. The molecule has 0 aromatic heterocycles. The number of rotatable bonds is 2. The van der Waals surface area contributed by atoms with Crippen molar-refractivity contribution in [2.75, 3.05) is 6.26 Å². The summed E-state index contributed by atoms with van der Waals surface area (Å²) >= 11 is 3.91. The van der Waals surface area contributed by atoms with Crippen LogP contribution in [0.5, 0.6) is 0 Å². The summed E-state index contributed by atoms with van der Waals surface area (Å²) < 4.78 is 11.0. The molecule has 0 N–H and O–H groups in total. The molecule has 0 heterocycles. The third-order valence-electron chi connectivity index (χ3n) is 1.48. The average molecular weight is 283 g/mol. The molecule has 0 saturated carbocycles. The number of thiol groups is 1. The van der Waals surface area contributed by atoms with Gasteiger partial charge in [0.25, 0.3) is 5.69 Å². The molecule has 0 aliphatic carbocycles. The van der Waals surface area contributed by atoms with E-state index in [0.29, 0.717) is 4.90 Å². The summed E-state index contributed by atoms with van der Waals surface area (Å²) in [6.45, 7) is 0. The molecule has 4 nitrogen and oxygen atoms in total. The van der Waals surface area contributed by atoms with E-state index in [1.165, 1.54) is 18.4 Å². The van der Waals surface area contributed by atoms with Crippen LogP contribution in [0.4, 0.5) is 5.69 Å². The monoisotopic (exact) mass is 281 g/mol. The first-order valence-corrected chi connectivity index (χ1v) is 5.33. The van der Waals surface area contributed by atoms with E-state index in [2.05, 4.69) is 12.6 Å².